The van der Waals surface area contributed by atoms with Gasteiger partial charge in [0, 0.05) is 74.3 Å². The predicted molar refractivity (Wildman–Crippen MR) is 186 cm³/mol. The normalized spacial score (nSPS) is 24.1. The van der Waals surface area contributed by atoms with Crippen LogP contribution in [0, 0.1) is 12.8 Å². The maximum Gasteiger partial charge on any atom is 0.330 e. The fourth-order valence-electron chi connectivity index (χ4n) is 6.61. The average molecular weight is 690 g/mol. The molecule has 1 aromatic carbocycles. The summed E-state index contributed by atoms with van der Waals surface area (Å²) in [6.07, 6.45) is 10.5. The van der Waals surface area contributed by atoms with Gasteiger partial charge in [0.2, 0.25) is 5.91 Å². The van der Waals surface area contributed by atoms with Crippen LogP contribution in [0.15, 0.2) is 42.7 Å². The molecule has 3 atom stereocenters. The van der Waals surface area contributed by atoms with E-state index in [4.69, 9.17) is 19.2 Å². The molecule has 0 spiro atoms. The molecule has 6 rings (SSSR count). The molecule has 0 bridgehead atoms. The number of aryl methyl sites for hydroxylation is 1. The molecule has 1 saturated heterocycles. The number of amides is 3. The molecule has 14 heteroatoms. The number of aliphatic carboxylic acids is 1. The van der Waals surface area contributed by atoms with E-state index in [9.17, 15) is 19.5 Å². The molecule has 50 heavy (non-hydrogen) atoms. The van der Waals surface area contributed by atoms with Crippen LogP contribution in [0.25, 0.3) is 22.2 Å². The van der Waals surface area contributed by atoms with Crippen molar-refractivity contribution < 1.29 is 33.7 Å². The van der Waals surface area contributed by atoms with Crippen molar-refractivity contribution in [3.8, 4) is 22.8 Å². The van der Waals surface area contributed by atoms with Crippen LogP contribution in [0.5, 0.6) is 11.5 Å². The number of methoxy groups -OCH3 is 1. The van der Waals surface area contributed by atoms with Crippen LogP contribution in [0.3, 0.4) is 0 Å². The van der Waals surface area contributed by atoms with E-state index in [2.05, 4.69) is 20.6 Å². The van der Waals surface area contributed by atoms with Crippen molar-refractivity contribution in [3.63, 3.8) is 0 Å². The number of hydrogen-bond acceptors (Lipinski definition) is 9. The second-order valence-electron chi connectivity index (χ2n) is 13.3. The van der Waals surface area contributed by atoms with Crippen molar-refractivity contribution in [2.24, 2.45) is 5.92 Å². The van der Waals surface area contributed by atoms with Gasteiger partial charge in [0.25, 0.3) is 0 Å². The average Bonchev–Trinajstić information content (AvgIpc) is 3.60. The molecule has 2 fully saturated rings. The summed E-state index contributed by atoms with van der Waals surface area (Å²) in [5.74, 6) is -0.699. The number of benzene rings is 1. The Balaban J connectivity index is 1.22. The smallest absolute Gasteiger partial charge is 0.330 e. The first-order valence-corrected chi connectivity index (χ1v) is 17.4. The zero-order chi connectivity index (χ0) is 35.3. The summed E-state index contributed by atoms with van der Waals surface area (Å²) in [7, 11) is 3.30. The molecule has 3 amide bonds. The number of ether oxygens (including phenoxy) is 3. The number of nitrogens with one attached hydrogen (secondary N) is 2. The first-order valence-electron chi connectivity index (χ1n) is 17.4. The summed E-state index contributed by atoms with van der Waals surface area (Å²) in [4.78, 5) is 47.9. The minimum absolute atomic E-state index is 0.0634. The number of allylic oxidation sites excluding steroid dienone is 1. The Bertz CT molecular complexity index is 1740. The van der Waals surface area contributed by atoms with E-state index in [0.717, 1.165) is 75.2 Å². The largest absolute Gasteiger partial charge is 0.496 e. The van der Waals surface area contributed by atoms with E-state index in [1.165, 1.54) is 0 Å². The van der Waals surface area contributed by atoms with Gasteiger partial charge in [-0.3, -0.25) is 14.4 Å². The number of aromatic nitrogens is 3. The topological polar surface area (TPSA) is 160 Å². The third-order valence-corrected chi connectivity index (χ3v) is 9.90. The van der Waals surface area contributed by atoms with E-state index in [-0.39, 0.29) is 18.9 Å². The summed E-state index contributed by atoms with van der Waals surface area (Å²) >= 11 is 0. The highest BCUT2D eigenvalue weighted by Gasteiger charge is 2.60. The number of urea groups is 1. The molecule has 1 aliphatic carbocycles. The predicted octanol–water partition coefficient (Wildman–Crippen LogP) is 3.23. The Kier molecular flexibility index (Phi) is 10.9. The quantitative estimate of drug-likeness (QED) is 0.270. The third-order valence-electron chi connectivity index (χ3n) is 9.90. The lowest BCUT2D eigenvalue weighted by molar-refractivity contribution is -0.143. The number of rotatable bonds is 10. The van der Waals surface area contributed by atoms with Gasteiger partial charge in [-0.15, -0.1) is 0 Å². The fourth-order valence-corrected chi connectivity index (χ4v) is 6.61. The SMILES string of the molecule is COc1ccc2c(OCC[C@@H]3NC(=O)N(C)CCCC/C=C\[C@@H]4C[C@@]4(C(=O)O)NC3=O)cc(-c3cnn(CCN4CCOCC4)c3)nc2c1C. The van der Waals surface area contributed by atoms with Crippen molar-refractivity contribution in [1.29, 1.82) is 0 Å². The van der Waals surface area contributed by atoms with Crippen LogP contribution in [0.1, 0.15) is 37.7 Å². The number of hydrogen-bond donors (Lipinski definition) is 3. The summed E-state index contributed by atoms with van der Waals surface area (Å²) in [6.45, 7) is 7.43. The standard InChI is InChI=1S/C36H47N7O7/c1-24-30(48-3)10-9-27-31(20-29(38-32(24)27)25-22-37-43(23-25)14-13-42-15-18-49-19-16-42)50-17-11-28-33(44)40-36(34(45)46)21-26(36)8-6-4-5-7-12-41(2)35(47)39-28/h6,8-10,20,22-23,26,28H,4-5,7,11-19,21H2,1-3H3,(H,39,47)(H,40,44)(H,45,46)/b8-6-/t26-,28+,36-/m1/s1. The molecule has 0 radical (unpaired) electrons. The van der Waals surface area contributed by atoms with Crippen LogP contribution in [0.2, 0.25) is 0 Å². The molecule has 0 unspecified atom stereocenters. The molecular formula is C36H47N7O7. The van der Waals surface area contributed by atoms with Gasteiger partial charge in [-0.2, -0.15) is 5.10 Å². The van der Waals surface area contributed by atoms with Crippen LogP contribution >= 0.6 is 0 Å². The number of carboxylic acids is 1. The molecule has 1 saturated carbocycles. The molecule has 14 nitrogen and oxygen atoms in total. The molecule has 2 aliphatic heterocycles. The van der Waals surface area contributed by atoms with E-state index in [1.54, 1.807) is 25.3 Å². The molecule has 3 aliphatic rings. The molecule has 268 valence electrons. The van der Waals surface area contributed by atoms with Gasteiger partial charge in [-0.1, -0.05) is 12.2 Å². The maximum atomic E-state index is 13.6. The van der Waals surface area contributed by atoms with Crippen molar-refractivity contribution in [3.05, 3.63) is 48.3 Å². The summed E-state index contributed by atoms with van der Waals surface area (Å²) in [6, 6.07) is 4.19. The lowest BCUT2D eigenvalue weighted by Crippen LogP contribution is -2.55. The van der Waals surface area contributed by atoms with Gasteiger partial charge in [0.15, 0.2) is 0 Å². The number of carbonyl (C=O) groups excluding carboxylic acids is 2. The Morgan fingerprint density at radius 2 is 1.96 bits per heavy atom. The molecule has 2 aromatic heterocycles. The van der Waals surface area contributed by atoms with Crippen molar-refractivity contribution in [1.82, 2.24) is 35.2 Å². The van der Waals surface area contributed by atoms with Gasteiger partial charge < -0.3 is 34.9 Å². The number of pyridine rings is 1. The van der Waals surface area contributed by atoms with Gasteiger partial charge in [0.05, 0.1) is 50.9 Å². The molecule has 3 aromatic rings. The highest BCUT2D eigenvalue weighted by Crippen LogP contribution is 2.45. The number of fused-ring (bicyclic) bond motifs is 2. The first-order chi connectivity index (χ1) is 24.2. The zero-order valence-electron chi connectivity index (χ0n) is 29.0. The van der Waals surface area contributed by atoms with Gasteiger partial charge in [0.1, 0.15) is 23.1 Å². The van der Waals surface area contributed by atoms with E-state index in [1.807, 2.05) is 48.2 Å². The fraction of sp³-hybridized carbons (Fsp3) is 0.528. The summed E-state index contributed by atoms with van der Waals surface area (Å²) < 4.78 is 19.3. The van der Waals surface area contributed by atoms with E-state index in [0.29, 0.717) is 35.7 Å². The van der Waals surface area contributed by atoms with E-state index >= 15 is 0 Å². The number of nitrogens with zero attached hydrogens (tertiary/aromatic N) is 5. The van der Waals surface area contributed by atoms with Gasteiger partial charge in [-0.25, -0.2) is 14.6 Å². The number of carbonyl (C=O) groups is 3. The summed E-state index contributed by atoms with van der Waals surface area (Å²) in [5, 5.41) is 21.0. The summed E-state index contributed by atoms with van der Waals surface area (Å²) in [5.41, 5.74) is 1.67. The van der Waals surface area contributed by atoms with Crippen LogP contribution in [-0.2, 0) is 20.9 Å². The van der Waals surface area contributed by atoms with Crippen molar-refractivity contribution >= 4 is 28.8 Å². The first kappa shape index (κ1) is 35.1. The van der Waals surface area contributed by atoms with Gasteiger partial charge >= 0.3 is 12.0 Å². The molecular weight excluding hydrogens is 642 g/mol. The third kappa shape index (κ3) is 7.86. The second-order valence-corrected chi connectivity index (χ2v) is 13.3. The monoisotopic (exact) mass is 689 g/mol. The minimum Gasteiger partial charge on any atom is -0.496 e. The van der Waals surface area contributed by atoms with Crippen molar-refractivity contribution in [2.75, 3.05) is 60.2 Å². The Morgan fingerprint density at radius 3 is 2.74 bits per heavy atom. The number of carboxylic acid groups (broad SMARTS) is 1. The highest BCUT2D eigenvalue weighted by molar-refractivity contribution is 5.94. The van der Waals surface area contributed by atoms with Crippen LogP contribution < -0.4 is 20.1 Å². The Labute approximate surface area is 291 Å². The Hall–Kier alpha value is -4.69. The van der Waals surface area contributed by atoms with Crippen LogP contribution in [-0.4, -0.2) is 119 Å². The van der Waals surface area contributed by atoms with Crippen LogP contribution in [0.4, 0.5) is 4.79 Å². The number of morpholine rings is 1. The Morgan fingerprint density at radius 1 is 1.14 bits per heavy atom. The van der Waals surface area contributed by atoms with Crippen molar-refractivity contribution in [2.45, 2.75) is 57.2 Å². The lowest BCUT2D eigenvalue weighted by atomic mass is 10.1. The zero-order valence-corrected chi connectivity index (χ0v) is 29.0. The highest BCUT2D eigenvalue weighted by atomic mass is 16.5. The maximum absolute atomic E-state index is 13.6. The van der Waals surface area contributed by atoms with Gasteiger partial charge in [-0.05, 0) is 44.7 Å². The lowest BCUT2D eigenvalue weighted by Gasteiger charge is -2.26. The molecule has 4 heterocycles. The molecule has 3 N–H and O–H groups in total. The van der Waals surface area contributed by atoms with E-state index < -0.39 is 29.5 Å². The second kappa shape index (κ2) is 15.5. The minimum atomic E-state index is -1.38.